The maximum Gasteiger partial charge on any atom is 0.303 e. The molecular weight excluding hydrogens is 244 g/mol. The molecule has 5 nitrogen and oxygen atoms in total. The lowest BCUT2D eigenvalue weighted by atomic mass is 9.98. The van der Waals surface area contributed by atoms with Crippen molar-refractivity contribution in [3.05, 3.63) is 12.7 Å². The molecule has 0 aliphatic carbocycles. The van der Waals surface area contributed by atoms with Crippen molar-refractivity contribution >= 4 is 11.9 Å². The summed E-state index contributed by atoms with van der Waals surface area (Å²) in [5, 5.41) is 8.80. The summed E-state index contributed by atoms with van der Waals surface area (Å²) >= 11 is 0. The SMILES string of the molecule is C=CCN1C(=O)C(CCC(=O)O)N(C)CCC1(C)C. The van der Waals surface area contributed by atoms with Crippen LogP contribution < -0.4 is 0 Å². The number of carbonyl (C=O) groups excluding carboxylic acids is 1. The first kappa shape index (κ1) is 15.7. The molecule has 0 aromatic rings. The summed E-state index contributed by atoms with van der Waals surface area (Å²) in [5.74, 6) is -0.855. The lowest BCUT2D eigenvalue weighted by Crippen LogP contribution is -2.51. The van der Waals surface area contributed by atoms with Gasteiger partial charge in [0, 0.05) is 25.0 Å². The zero-order valence-corrected chi connectivity index (χ0v) is 12.1. The highest BCUT2D eigenvalue weighted by Gasteiger charge is 2.39. The zero-order chi connectivity index (χ0) is 14.6. The van der Waals surface area contributed by atoms with E-state index in [9.17, 15) is 9.59 Å². The van der Waals surface area contributed by atoms with Gasteiger partial charge in [0.25, 0.3) is 0 Å². The highest BCUT2D eigenvalue weighted by atomic mass is 16.4. The van der Waals surface area contributed by atoms with Crippen LogP contribution >= 0.6 is 0 Å². The predicted octanol–water partition coefficient (Wildman–Crippen LogP) is 1.35. The van der Waals surface area contributed by atoms with Crippen LogP contribution in [0, 0.1) is 0 Å². The molecular formula is C14H24N2O3. The highest BCUT2D eigenvalue weighted by molar-refractivity contribution is 5.83. The zero-order valence-electron chi connectivity index (χ0n) is 12.1. The number of carbonyl (C=O) groups is 2. The van der Waals surface area contributed by atoms with E-state index < -0.39 is 5.97 Å². The molecule has 0 aromatic carbocycles. The van der Waals surface area contributed by atoms with Gasteiger partial charge in [-0.3, -0.25) is 14.5 Å². The first-order valence-corrected chi connectivity index (χ1v) is 6.64. The second-order valence-corrected chi connectivity index (χ2v) is 5.73. The summed E-state index contributed by atoms with van der Waals surface area (Å²) in [6, 6.07) is -0.349. The fourth-order valence-electron chi connectivity index (χ4n) is 2.48. The minimum absolute atomic E-state index is 0.00569. The van der Waals surface area contributed by atoms with Crippen molar-refractivity contribution in [3.8, 4) is 0 Å². The Hall–Kier alpha value is -1.36. The van der Waals surface area contributed by atoms with Crippen molar-refractivity contribution in [3.63, 3.8) is 0 Å². The fourth-order valence-corrected chi connectivity index (χ4v) is 2.48. The van der Waals surface area contributed by atoms with Crippen LogP contribution in [0.5, 0.6) is 0 Å². The first-order valence-electron chi connectivity index (χ1n) is 6.64. The van der Waals surface area contributed by atoms with Gasteiger partial charge in [-0.1, -0.05) is 6.08 Å². The van der Waals surface area contributed by atoms with Crippen molar-refractivity contribution < 1.29 is 14.7 Å². The predicted molar refractivity (Wildman–Crippen MR) is 73.9 cm³/mol. The molecule has 1 saturated heterocycles. The number of hydrogen-bond acceptors (Lipinski definition) is 3. The van der Waals surface area contributed by atoms with Crippen LogP contribution in [0.4, 0.5) is 0 Å². The maximum atomic E-state index is 12.6. The molecule has 0 bridgehead atoms. The van der Waals surface area contributed by atoms with Crippen LogP contribution in [0.15, 0.2) is 12.7 Å². The van der Waals surface area contributed by atoms with Crippen molar-refractivity contribution in [1.29, 1.82) is 0 Å². The molecule has 1 rings (SSSR count). The number of hydrogen-bond donors (Lipinski definition) is 1. The summed E-state index contributed by atoms with van der Waals surface area (Å²) in [6.45, 7) is 9.08. The van der Waals surface area contributed by atoms with E-state index in [0.717, 1.165) is 13.0 Å². The summed E-state index contributed by atoms with van der Waals surface area (Å²) in [6.07, 6.45) is 2.96. The Labute approximate surface area is 114 Å². The van der Waals surface area contributed by atoms with E-state index >= 15 is 0 Å². The van der Waals surface area contributed by atoms with Crippen molar-refractivity contribution in [2.45, 2.75) is 44.7 Å². The molecule has 1 atom stereocenters. The van der Waals surface area contributed by atoms with Gasteiger partial charge in [-0.2, -0.15) is 0 Å². The number of rotatable bonds is 5. The molecule has 1 amide bonds. The molecule has 5 heteroatoms. The standard InChI is InChI=1S/C14H24N2O3/c1-5-9-16-13(19)11(6-7-12(17)18)15(4)10-8-14(16,2)3/h5,11H,1,6-10H2,2-4H3,(H,17,18). The molecule has 1 heterocycles. The Kier molecular flexibility index (Phi) is 5.11. The van der Waals surface area contributed by atoms with Crippen LogP contribution in [0.25, 0.3) is 0 Å². The lowest BCUT2D eigenvalue weighted by Gasteiger charge is -2.37. The Bertz CT molecular complexity index is 366. The van der Waals surface area contributed by atoms with Gasteiger partial charge < -0.3 is 10.0 Å². The number of nitrogens with zero attached hydrogens (tertiary/aromatic N) is 2. The third-order valence-corrected chi connectivity index (χ3v) is 3.83. The topological polar surface area (TPSA) is 60.9 Å². The molecule has 1 unspecified atom stereocenters. The van der Waals surface area contributed by atoms with E-state index in [0.29, 0.717) is 13.0 Å². The fraction of sp³-hybridized carbons (Fsp3) is 0.714. The summed E-state index contributed by atoms with van der Waals surface area (Å²) in [4.78, 5) is 27.1. The van der Waals surface area contributed by atoms with Crippen LogP contribution in [-0.2, 0) is 9.59 Å². The molecule has 19 heavy (non-hydrogen) atoms. The maximum absolute atomic E-state index is 12.6. The van der Waals surface area contributed by atoms with E-state index in [2.05, 4.69) is 6.58 Å². The van der Waals surface area contributed by atoms with E-state index in [1.54, 1.807) is 6.08 Å². The number of likely N-dealkylation sites (N-methyl/N-ethyl adjacent to an activating group) is 1. The largest absolute Gasteiger partial charge is 0.481 e. The van der Waals surface area contributed by atoms with E-state index in [4.69, 9.17) is 5.11 Å². The Morgan fingerprint density at radius 3 is 2.74 bits per heavy atom. The molecule has 0 spiro atoms. The number of aliphatic carboxylic acids is 1. The molecule has 0 aromatic heterocycles. The third kappa shape index (κ3) is 3.80. The highest BCUT2D eigenvalue weighted by Crippen LogP contribution is 2.26. The summed E-state index contributed by atoms with van der Waals surface area (Å²) in [5.41, 5.74) is -0.225. The van der Waals surface area contributed by atoms with Crippen LogP contribution in [0.3, 0.4) is 0 Å². The molecule has 0 saturated carbocycles. The van der Waals surface area contributed by atoms with E-state index in [1.807, 2.05) is 30.7 Å². The summed E-state index contributed by atoms with van der Waals surface area (Å²) < 4.78 is 0. The third-order valence-electron chi connectivity index (χ3n) is 3.83. The quantitative estimate of drug-likeness (QED) is 0.765. The summed E-state index contributed by atoms with van der Waals surface area (Å²) in [7, 11) is 1.89. The number of carboxylic acid groups (broad SMARTS) is 1. The van der Waals surface area contributed by atoms with Gasteiger partial charge in [0.2, 0.25) is 5.91 Å². The second kappa shape index (κ2) is 6.19. The van der Waals surface area contributed by atoms with Gasteiger partial charge in [-0.05, 0) is 33.7 Å². The van der Waals surface area contributed by atoms with E-state index in [1.165, 1.54) is 0 Å². The first-order chi connectivity index (χ1) is 8.79. The van der Waals surface area contributed by atoms with Crippen molar-refractivity contribution in [2.75, 3.05) is 20.1 Å². The molecule has 108 valence electrons. The Balaban J connectivity index is 2.93. The normalized spacial score (nSPS) is 24.1. The minimum atomic E-state index is -0.861. The van der Waals surface area contributed by atoms with Gasteiger partial charge in [0.15, 0.2) is 0 Å². The van der Waals surface area contributed by atoms with Gasteiger partial charge in [0.05, 0.1) is 6.04 Å². The van der Waals surface area contributed by atoms with Crippen LogP contribution in [0.2, 0.25) is 0 Å². The average molecular weight is 268 g/mol. The van der Waals surface area contributed by atoms with E-state index in [-0.39, 0.29) is 23.9 Å². The molecule has 1 fully saturated rings. The molecule has 1 N–H and O–H groups in total. The van der Waals surface area contributed by atoms with Crippen LogP contribution in [0.1, 0.15) is 33.1 Å². The van der Waals surface area contributed by atoms with Gasteiger partial charge in [-0.25, -0.2) is 0 Å². The lowest BCUT2D eigenvalue weighted by molar-refractivity contribution is -0.140. The smallest absolute Gasteiger partial charge is 0.303 e. The molecule has 1 aliphatic heterocycles. The van der Waals surface area contributed by atoms with Crippen molar-refractivity contribution in [1.82, 2.24) is 9.80 Å². The minimum Gasteiger partial charge on any atom is -0.481 e. The van der Waals surface area contributed by atoms with Crippen LogP contribution in [-0.4, -0.2) is 58.5 Å². The Morgan fingerprint density at radius 2 is 2.21 bits per heavy atom. The number of amides is 1. The Morgan fingerprint density at radius 1 is 1.58 bits per heavy atom. The van der Waals surface area contributed by atoms with Gasteiger partial charge >= 0.3 is 5.97 Å². The monoisotopic (exact) mass is 268 g/mol. The number of carboxylic acids is 1. The molecule has 1 aliphatic rings. The average Bonchev–Trinajstić information content (AvgIpc) is 2.39. The van der Waals surface area contributed by atoms with Gasteiger partial charge in [0.1, 0.15) is 0 Å². The molecule has 0 radical (unpaired) electrons. The van der Waals surface area contributed by atoms with Gasteiger partial charge in [-0.15, -0.1) is 6.58 Å². The van der Waals surface area contributed by atoms with Crippen molar-refractivity contribution in [2.24, 2.45) is 0 Å². The second-order valence-electron chi connectivity index (χ2n) is 5.73.